The number of nitrogens with one attached hydrogen (secondary N) is 2. The summed E-state index contributed by atoms with van der Waals surface area (Å²) in [5.74, 6) is -0.468. The number of amides is 3. The number of benzene rings is 1. The van der Waals surface area contributed by atoms with E-state index in [9.17, 15) is 24.0 Å². The van der Waals surface area contributed by atoms with Gasteiger partial charge >= 0.3 is 5.69 Å². The molecule has 10 heteroatoms. The second kappa shape index (κ2) is 9.55. The highest BCUT2D eigenvalue weighted by atomic mass is 16.2. The molecule has 3 heterocycles. The molecule has 1 aromatic heterocycles. The van der Waals surface area contributed by atoms with Gasteiger partial charge in [-0.3, -0.25) is 33.6 Å². The maximum absolute atomic E-state index is 13.1. The quantitative estimate of drug-likeness (QED) is 0.609. The number of hydrogen-bond donors (Lipinski definition) is 2. The predicted molar refractivity (Wildman–Crippen MR) is 133 cm³/mol. The van der Waals surface area contributed by atoms with E-state index in [-0.39, 0.29) is 47.6 Å². The number of Topliss-reactive ketones (excluding diaryl/α,β-unsaturated/α-hetero) is 1. The Morgan fingerprint density at radius 3 is 2.42 bits per heavy atom. The van der Waals surface area contributed by atoms with Crippen molar-refractivity contribution >= 4 is 40.2 Å². The van der Waals surface area contributed by atoms with Crippen molar-refractivity contribution in [3.05, 3.63) is 28.7 Å². The Labute approximate surface area is 209 Å². The fourth-order valence-corrected chi connectivity index (χ4v) is 6.04. The van der Waals surface area contributed by atoms with Crippen LogP contribution in [-0.4, -0.2) is 56.7 Å². The van der Waals surface area contributed by atoms with Crippen LogP contribution in [0.1, 0.15) is 57.9 Å². The molecular weight excluding hydrogens is 462 g/mol. The van der Waals surface area contributed by atoms with Crippen LogP contribution in [0, 0.1) is 11.8 Å². The molecule has 3 amide bonds. The lowest BCUT2D eigenvalue weighted by Gasteiger charge is -2.31. The maximum Gasteiger partial charge on any atom is 0.329 e. The minimum atomic E-state index is -0.719. The van der Waals surface area contributed by atoms with Crippen molar-refractivity contribution in [2.24, 2.45) is 18.9 Å². The van der Waals surface area contributed by atoms with Gasteiger partial charge in [-0.1, -0.05) is 6.07 Å². The summed E-state index contributed by atoms with van der Waals surface area (Å²) in [7, 11) is 1.69. The largest absolute Gasteiger partial charge is 0.381 e. The van der Waals surface area contributed by atoms with E-state index in [4.69, 9.17) is 0 Å². The van der Waals surface area contributed by atoms with Gasteiger partial charge in [0.2, 0.25) is 17.7 Å². The Hall–Kier alpha value is -3.43. The number of imidazole rings is 1. The highest BCUT2D eigenvalue weighted by Gasteiger charge is 2.35. The van der Waals surface area contributed by atoms with Gasteiger partial charge in [0, 0.05) is 44.4 Å². The van der Waals surface area contributed by atoms with Crippen LogP contribution >= 0.6 is 0 Å². The van der Waals surface area contributed by atoms with Gasteiger partial charge in [-0.15, -0.1) is 0 Å². The number of fused-ring (bicyclic) bond motifs is 1. The summed E-state index contributed by atoms with van der Waals surface area (Å²) in [6.45, 7) is 2.82. The number of ketones is 1. The van der Waals surface area contributed by atoms with Gasteiger partial charge in [-0.2, -0.15) is 0 Å². The summed E-state index contributed by atoms with van der Waals surface area (Å²) < 4.78 is 3.04. The third kappa shape index (κ3) is 4.33. The van der Waals surface area contributed by atoms with Gasteiger partial charge in [0.05, 0.1) is 16.7 Å². The van der Waals surface area contributed by atoms with Crippen LogP contribution in [0.25, 0.3) is 11.0 Å². The molecule has 0 radical (unpaired) electrons. The zero-order valence-electron chi connectivity index (χ0n) is 20.8. The van der Waals surface area contributed by atoms with Gasteiger partial charge in [0.25, 0.3) is 0 Å². The summed E-state index contributed by atoms with van der Waals surface area (Å²) in [6, 6.07) is 5.06. The van der Waals surface area contributed by atoms with E-state index in [0.29, 0.717) is 25.0 Å². The smallest absolute Gasteiger partial charge is 0.329 e. The lowest BCUT2D eigenvalue weighted by atomic mass is 9.85. The number of carbonyl (C=O) groups excluding carboxylic acids is 4. The fourth-order valence-electron chi connectivity index (χ4n) is 6.04. The van der Waals surface area contributed by atoms with Crippen LogP contribution in [0.2, 0.25) is 0 Å². The molecule has 2 saturated heterocycles. The van der Waals surface area contributed by atoms with Gasteiger partial charge in [-0.05, 0) is 57.6 Å². The number of anilines is 1. The summed E-state index contributed by atoms with van der Waals surface area (Å²) in [5.41, 5.74) is 1.90. The molecule has 3 fully saturated rings. The third-order valence-corrected chi connectivity index (χ3v) is 8.14. The Kier molecular flexibility index (Phi) is 6.44. The van der Waals surface area contributed by atoms with Gasteiger partial charge < -0.3 is 10.2 Å². The second-order valence-corrected chi connectivity index (χ2v) is 10.4. The molecule has 1 aliphatic carbocycles. The molecule has 3 aliphatic rings. The van der Waals surface area contributed by atoms with Crippen molar-refractivity contribution in [1.82, 2.24) is 19.4 Å². The molecule has 1 unspecified atom stereocenters. The summed E-state index contributed by atoms with van der Waals surface area (Å²) >= 11 is 0. The molecule has 2 atom stereocenters. The van der Waals surface area contributed by atoms with Crippen LogP contribution in [0.5, 0.6) is 0 Å². The molecule has 0 bridgehead atoms. The van der Waals surface area contributed by atoms with Crippen LogP contribution in [0.15, 0.2) is 23.0 Å². The Morgan fingerprint density at radius 1 is 1.00 bits per heavy atom. The first-order valence-electron chi connectivity index (χ1n) is 12.8. The van der Waals surface area contributed by atoms with E-state index >= 15 is 0 Å². The Morgan fingerprint density at radius 2 is 1.75 bits per heavy atom. The molecule has 10 nitrogen and oxygen atoms in total. The molecule has 2 N–H and O–H groups in total. The summed E-state index contributed by atoms with van der Waals surface area (Å²) in [4.78, 5) is 63.7. The van der Waals surface area contributed by atoms with E-state index < -0.39 is 11.9 Å². The predicted octanol–water partition coefficient (Wildman–Crippen LogP) is 1.73. The number of aryl methyl sites for hydroxylation is 1. The number of para-hydroxylation sites is 1. The first-order chi connectivity index (χ1) is 17.2. The molecule has 2 aromatic rings. The number of likely N-dealkylation sites (tertiary alicyclic amines) is 1. The molecule has 192 valence electrons. The lowest BCUT2D eigenvalue weighted by Crippen LogP contribution is -2.44. The zero-order chi connectivity index (χ0) is 25.6. The summed E-state index contributed by atoms with van der Waals surface area (Å²) in [5, 5.41) is 5.92. The van der Waals surface area contributed by atoms with E-state index in [1.165, 1.54) is 4.57 Å². The first-order valence-corrected chi connectivity index (χ1v) is 12.8. The number of aromatic nitrogens is 2. The number of hydrogen-bond acceptors (Lipinski definition) is 6. The Balaban J connectivity index is 1.29. The van der Waals surface area contributed by atoms with Crippen LogP contribution in [-0.2, 0) is 26.2 Å². The highest BCUT2D eigenvalue weighted by Crippen LogP contribution is 2.32. The summed E-state index contributed by atoms with van der Waals surface area (Å²) in [6.07, 6.45) is 4.49. The maximum atomic E-state index is 13.1. The normalized spacial score (nSPS) is 26.8. The standard InChI is InChI=1S/C26H33N5O5/c1-15(32)17-12-13-30(14-17)25(35)16-6-8-18(9-7-16)27-19-4-3-5-20-23(19)29(2)26(36)31(20)21-10-11-22(33)28-24(21)34/h3-5,16-18,21,27H,6-14H2,1-2H3,(H,28,33,34)/t16-,17-,18-,21?/m0/s1. The van der Waals surface area contributed by atoms with E-state index in [0.717, 1.165) is 43.3 Å². The van der Waals surface area contributed by atoms with Crippen molar-refractivity contribution in [2.75, 3.05) is 18.4 Å². The van der Waals surface area contributed by atoms with Gasteiger partial charge in [0.15, 0.2) is 0 Å². The number of piperidine rings is 1. The van der Waals surface area contributed by atoms with E-state index in [1.807, 2.05) is 23.1 Å². The average molecular weight is 496 g/mol. The fraction of sp³-hybridized carbons (Fsp3) is 0.577. The monoisotopic (exact) mass is 495 g/mol. The number of nitrogens with zero attached hydrogens (tertiary/aromatic N) is 3. The van der Waals surface area contributed by atoms with Crippen molar-refractivity contribution in [3.63, 3.8) is 0 Å². The van der Waals surface area contributed by atoms with Crippen LogP contribution in [0.3, 0.4) is 0 Å². The molecule has 1 saturated carbocycles. The second-order valence-electron chi connectivity index (χ2n) is 10.4. The molecule has 5 rings (SSSR count). The lowest BCUT2D eigenvalue weighted by molar-refractivity contribution is -0.137. The van der Waals surface area contributed by atoms with Crippen molar-refractivity contribution in [3.8, 4) is 0 Å². The van der Waals surface area contributed by atoms with Crippen LogP contribution in [0.4, 0.5) is 5.69 Å². The molecule has 2 aliphatic heterocycles. The van der Waals surface area contributed by atoms with Crippen molar-refractivity contribution in [2.45, 2.75) is 64.0 Å². The molecule has 36 heavy (non-hydrogen) atoms. The zero-order valence-corrected chi connectivity index (χ0v) is 20.8. The first kappa shape index (κ1) is 24.3. The minimum absolute atomic E-state index is 0.0116. The number of imide groups is 1. The third-order valence-electron chi connectivity index (χ3n) is 8.14. The van der Waals surface area contributed by atoms with Gasteiger partial charge in [0.1, 0.15) is 11.8 Å². The Bertz CT molecular complexity index is 1290. The van der Waals surface area contributed by atoms with Crippen molar-refractivity contribution in [1.29, 1.82) is 0 Å². The number of carbonyl (C=O) groups is 4. The van der Waals surface area contributed by atoms with E-state index in [2.05, 4.69) is 10.6 Å². The topological polar surface area (TPSA) is 123 Å². The SMILES string of the molecule is CC(=O)[C@H]1CCN(C(=O)[C@H]2CC[C@H](Nc3cccc4c3n(C)c(=O)n4C3CCC(=O)NC3=O)CC2)C1. The van der Waals surface area contributed by atoms with Crippen molar-refractivity contribution < 1.29 is 19.2 Å². The minimum Gasteiger partial charge on any atom is -0.381 e. The van der Waals surface area contributed by atoms with E-state index in [1.54, 1.807) is 18.5 Å². The molecule has 0 spiro atoms. The van der Waals surface area contributed by atoms with Gasteiger partial charge in [-0.25, -0.2) is 4.79 Å². The van der Waals surface area contributed by atoms with Crippen LogP contribution < -0.4 is 16.3 Å². The molecule has 1 aromatic carbocycles. The average Bonchev–Trinajstić information content (AvgIpc) is 3.44. The molecular formula is C26H33N5O5. The highest BCUT2D eigenvalue weighted by molar-refractivity contribution is 6.00. The number of rotatable bonds is 5.